The summed E-state index contributed by atoms with van der Waals surface area (Å²) in [5.41, 5.74) is 4.09. The Morgan fingerprint density at radius 3 is 2.28 bits per heavy atom. The first-order valence-electron chi connectivity index (χ1n) is 9.66. The quantitative estimate of drug-likeness (QED) is 0.259. The van der Waals surface area contributed by atoms with Gasteiger partial charge in [0, 0.05) is 5.56 Å². The van der Waals surface area contributed by atoms with Crippen molar-refractivity contribution in [2.45, 2.75) is 6.92 Å². The Labute approximate surface area is 183 Å². The highest BCUT2D eigenvalue weighted by molar-refractivity contribution is 5.97. The molecule has 3 aromatic rings. The molecular formula is C24H20FN3O4. The maximum absolute atomic E-state index is 13.6. The highest BCUT2D eigenvalue weighted by Crippen LogP contribution is 2.15. The highest BCUT2D eigenvalue weighted by atomic mass is 19.1. The van der Waals surface area contributed by atoms with Gasteiger partial charge >= 0.3 is 5.97 Å². The largest absolute Gasteiger partial charge is 0.423 e. The molecule has 7 nitrogen and oxygen atoms in total. The zero-order valence-electron chi connectivity index (χ0n) is 17.2. The van der Waals surface area contributed by atoms with E-state index < -0.39 is 17.7 Å². The average Bonchev–Trinajstić information content (AvgIpc) is 2.79. The fraction of sp³-hybridized carbons (Fsp3) is 0.0833. The van der Waals surface area contributed by atoms with E-state index in [9.17, 15) is 18.8 Å². The van der Waals surface area contributed by atoms with Gasteiger partial charge in [-0.2, -0.15) is 5.10 Å². The van der Waals surface area contributed by atoms with Crippen LogP contribution in [0.25, 0.3) is 0 Å². The first-order chi connectivity index (χ1) is 15.4. The lowest BCUT2D eigenvalue weighted by Crippen LogP contribution is -2.35. The molecule has 0 heterocycles. The molecule has 3 aromatic carbocycles. The number of esters is 1. The van der Waals surface area contributed by atoms with Crippen LogP contribution >= 0.6 is 0 Å². The van der Waals surface area contributed by atoms with E-state index in [1.165, 1.54) is 36.5 Å². The van der Waals surface area contributed by atoms with Crippen molar-refractivity contribution in [2.24, 2.45) is 5.10 Å². The Morgan fingerprint density at radius 1 is 0.938 bits per heavy atom. The highest BCUT2D eigenvalue weighted by Gasteiger charge is 2.13. The normalized spacial score (nSPS) is 10.6. The minimum Gasteiger partial charge on any atom is -0.423 e. The van der Waals surface area contributed by atoms with E-state index >= 15 is 0 Å². The maximum atomic E-state index is 13.6. The van der Waals surface area contributed by atoms with Crippen molar-refractivity contribution in [3.05, 3.63) is 101 Å². The number of halogens is 1. The predicted octanol–water partition coefficient (Wildman–Crippen LogP) is 3.23. The molecule has 0 aliphatic carbocycles. The molecule has 0 saturated heterocycles. The van der Waals surface area contributed by atoms with Gasteiger partial charge in [-0.1, -0.05) is 30.3 Å². The van der Waals surface area contributed by atoms with Crippen molar-refractivity contribution in [1.29, 1.82) is 0 Å². The maximum Gasteiger partial charge on any atom is 0.346 e. The summed E-state index contributed by atoms with van der Waals surface area (Å²) in [5.74, 6) is -2.06. The van der Waals surface area contributed by atoms with Crippen LogP contribution in [0.3, 0.4) is 0 Å². The van der Waals surface area contributed by atoms with Crippen molar-refractivity contribution in [3.63, 3.8) is 0 Å². The Hall–Kier alpha value is -4.33. The van der Waals surface area contributed by atoms with Crippen LogP contribution in [-0.4, -0.2) is 30.5 Å². The molecule has 2 amide bonds. The van der Waals surface area contributed by atoms with Gasteiger partial charge in [0.05, 0.1) is 18.3 Å². The van der Waals surface area contributed by atoms with Crippen LogP contribution in [0.1, 0.15) is 31.8 Å². The molecule has 162 valence electrons. The van der Waals surface area contributed by atoms with Crippen molar-refractivity contribution in [2.75, 3.05) is 6.54 Å². The summed E-state index contributed by atoms with van der Waals surface area (Å²) in [4.78, 5) is 36.0. The number of aryl methyl sites for hydroxylation is 1. The van der Waals surface area contributed by atoms with Crippen LogP contribution in [0, 0.1) is 12.7 Å². The van der Waals surface area contributed by atoms with Crippen LogP contribution in [0.5, 0.6) is 5.75 Å². The van der Waals surface area contributed by atoms with E-state index in [4.69, 9.17) is 4.74 Å². The first kappa shape index (κ1) is 22.4. The molecule has 0 radical (unpaired) electrons. The van der Waals surface area contributed by atoms with Crippen molar-refractivity contribution in [1.82, 2.24) is 10.7 Å². The monoisotopic (exact) mass is 433 g/mol. The van der Waals surface area contributed by atoms with Gasteiger partial charge in [-0.3, -0.25) is 9.59 Å². The van der Waals surface area contributed by atoms with Gasteiger partial charge in [0.2, 0.25) is 0 Å². The summed E-state index contributed by atoms with van der Waals surface area (Å²) in [7, 11) is 0. The SMILES string of the molecule is Cc1ccccc1C(=O)NCC(=O)NN=Cc1ccc(OC(=O)c2ccccc2F)cc1. The second-order valence-corrected chi connectivity index (χ2v) is 6.73. The summed E-state index contributed by atoms with van der Waals surface area (Å²) in [6.07, 6.45) is 1.39. The van der Waals surface area contributed by atoms with Gasteiger partial charge in [0.25, 0.3) is 11.8 Å². The molecule has 3 rings (SSSR count). The molecule has 0 unspecified atom stereocenters. The lowest BCUT2D eigenvalue weighted by molar-refractivity contribution is -0.120. The molecule has 0 bridgehead atoms. The number of hydrogen-bond acceptors (Lipinski definition) is 5. The number of nitrogens with one attached hydrogen (secondary N) is 2. The number of ether oxygens (including phenoxy) is 1. The number of carbonyl (C=O) groups is 3. The second kappa shape index (κ2) is 10.6. The van der Waals surface area contributed by atoms with Crippen LogP contribution in [0.4, 0.5) is 4.39 Å². The van der Waals surface area contributed by atoms with E-state index in [0.717, 1.165) is 5.56 Å². The van der Waals surface area contributed by atoms with Gasteiger partial charge in [-0.15, -0.1) is 0 Å². The molecule has 0 aliphatic heterocycles. The van der Waals surface area contributed by atoms with Crippen LogP contribution < -0.4 is 15.5 Å². The molecule has 0 aromatic heterocycles. The van der Waals surface area contributed by atoms with Crippen LogP contribution in [0.2, 0.25) is 0 Å². The zero-order valence-corrected chi connectivity index (χ0v) is 17.2. The fourth-order valence-corrected chi connectivity index (χ4v) is 2.71. The Bertz CT molecular complexity index is 1160. The third kappa shape index (κ3) is 6.09. The topological polar surface area (TPSA) is 96.9 Å². The number of nitrogens with zero attached hydrogens (tertiary/aromatic N) is 1. The lowest BCUT2D eigenvalue weighted by Gasteiger charge is -2.06. The fourth-order valence-electron chi connectivity index (χ4n) is 2.71. The lowest BCUT2D eigenvalue weighted by atomic mass is 10.1. The third-order valence-corrected chi connectivity index (χ3v) is 4.39. The Morgan fingerprint density at radius 2 is 1.59 bits per heavy atom. The molecule has 2 N–H and O–H groups in total. The van der Waals surface area contributed by atoms with E-state index in [0.29, 0.717) is 11.1 Å². The smallest absolute Gasteiger partial charge is 0.346 e. The molecule has 0 spiro atoms. The Balaban J connectivity index is 1.47. The summed E-state index contributed by atoms with van der Waals surface area (Å²) in [6, 6.07) is 18.9. The van der Waals surface area contributed by atoms with Crippen molar-refractivity contribution < 1.29 is 23.5 Å². The summed E-state index contributed by atoms with van der Waals surface area (Å²) >= 11 is 0. The van der Waals surface area contributed by atoms with Crippen LogP contribution in [0.15, 0.2) is 77.9 Å². The number of carbonyl (C=O) groups excluding carboxylic acids is 3. The van der Waals surface area contributed by atoms with E-state index in [1.807, 2.05) is 19.1 Å². The van der Waals surface area contributed by atoms with Gasteiger partial charge in [0.15, 0.2) is 0 Å². The van der Waals surface area contributed by atoms with Gasteiger partial charge in [-0.25, -0.2) is 14.6 Å². The molecule has 32 heavy (non-hydrogen) atoms. The molecule has 0 fully saturated rings. The molecular weight excluding hydrogens is 413 g/mol. The standard InChI is InChI=1S/C24H20FN3O4/c1-16-6-2-3-7-19(16)23(30)26-15-22(29)28-27-14-17-10-12-18(13-11-17)32-24(31)20-8-4-5-9-21(20)25/h2-14H,15H2,1H3,(H,26,30)(H,28,29). The van der Waals surface area contributed by atoms with E-state index in [1.54, 1.807) is 30.3 Å². The summed E-state index contributed by atoms with van der Waals surface area (Å²) in [5, 5.41) is 6.36. The summed E-state index contributed by atoms with van der Waals surface area (Å²) in [6.45, 7) is 1.58. The number of rotatable bonds is 7. The van der Waals surface area contributed by atoms with E-state index in [2.05, 4.69) is 15.8 Å². The predicted molar refractivity (Wildman–Crippen MR) is 117 cm³/mol. The van der Waals surface area contributed by atoms with Gasteiger partial charge in [0.1, 0.15) is 11.6 Å². The van der Waals surface area contributed by atoms with E-state index in [-0.39, 0.29) is 23.8 Å². The minimum absolute atomic E-state index is 0.157. The average molecular weight is 433 g/mol. The van der Waals surface area contributed by atoms with Crippen LogP contribution in [-0.2, 0) is 4.79 Å². The second-order valence-electron chi connectivity index (χ2n) is 6.73. The Kier molecular flexibility index (Phi) is 7.42. The van der Waals surface area contributed by atoms with Crippen molar-refractivity contribution in [3.8, 4) is 5.75 Å². The van der Waals surface area contributed by atoms with Crippen molar-refractivity contribution >= 4 is 24.0 Å². The van der Waals surface area contributed by atoms with Gasteiger partial charge in [-0.05, 0) is 60.5 Å². The molecule has 0 aliphatic rings. The molecule has 0 saturated carbocycles. The number of hydrazone groups is 1. The third-order valence-electron chi connectivity index (χ3n) is 4.39. The number of benzene rings is 3. The first-order valence-corrected chi connectivity index (χ1v) is 9.66. The van der Waals surface area contributed by atoms with Gasteiger partial charge < -0.3 is 10.1 Å². The molecule has 8 heteroatoms. The minimum atomic E-state index is -0.801. The zero-order chi connectivity index (χ0) is 22.9. The number of hydrogen-bond donors (Lipinski definition) is 2. The summed E-state index contributed by atoms with van der Waals surface area (Å²) < 4.78 is 18.8. The number of amides is 2. The molecule has 0 atom stereocenters.